The van der Waals surface area contributed by atoms with Gasteiger partial charge in [-0.25, -0.2) is 9.59 Å². The zero-order valence-corrected chi connectivity index (χ0v) is 24.7. The zero-order chi connectivity index (χ0) is 30.3. The van der Waals surface area contributed by atoms with Crippen molar-refractivity contribution in [1.82, 2.24) is 19.4 Å². The average Bonchev–Trinajstić information content (AvgIpc) is 3.39. The van der Waals surface area contributed by atoms with Gasteiger partial charge in [0.2, 0.25) is 0 Å². The number of carbonyl (C=O) groups is 1. The van der Waals surface area contributed by atoms with E-state index < -0.39 is 6.09 Å². The smallest absolute Gasteiger partial charge is 0.407 e. The van der Waals surface area contributed by atoms with Crippen molar-refractivity contribution in [1.29, 1.82) is 0 Å². The van der Waals surface area contributed by atoms with E-state index in [9.17, 15) is 14.7 Å². The molecule has 2 atom stereocenters. The van der Waals surface area contributed by atoms with Crippen molar-refractivity contribution in [2.45, 2.75) is 51.0 Å². The molecule has 0 spiro atoms. The van der Waals surface area contributed by atoms with Gasteiger partial charge in [0.1, 0.15) is 12.4 Å². The van der Waals surface area contributed by atoms with E-state index in [1.54, 1.807) is 4.90 Å². The minimum absolute atomic E-state index is 0.0751. The predicted molar refractivity (Wildman–Crippen MR) is 172 cm³/mol. The first-order valence-electron chi connectivity index (χ1n) is 15.2. The Labute approximate surface area is 257 Å². The molecule has 5 aromatic rings. The van der Waals surface area contributed by atoms with Crippen LogP contribution in [0.3, 0.4) is 0 Å². The third-order valence-corrected chi connectivity index (χ3v) is 8.55. The van der Waals surface area contributed by atoms with Gasteiger partial charge in [-0.15, -0.1) is 0 Å². The lowest BCUT2D eigenvalue weighted by atomic mass is 9.94. The molecule has 2 N–H and O–H groups in total. The molecule has 0 radical (unpaired) electrons. The van der Waals surface area contributed by atoms with Crippen LogP contribution >= 0.6 is 0 Å². The van der Waals surface area contributed by atoms with E-state index in [1.807, 2.05) is 83.4 Å². The molecule has 2 heterocycles. The summed E-state index contributed by atoms with van der Waals surface area (Å²) in [4.78, 5) is 32.2. The van der Waals surface area contributed by atoms with Crippen molar-refractivity contribution >= 4 is 17.1 Å². The normalized spacial score (nSPS) is 16.8. The highest BCUT2D eigenvalue weighted by Crippen LogP contribution is 2.31. The van der Waals surface area contributed by atoms with Crippen LogP contribution in [0.2, 0.25) is 0 Å². The van der Waals surface area contributed by atoms with Crippen molar-refractivity contribution < 1.29 is 14.6 Å². The van der Waals surface area contributed by atoms with Gasteiger partial charge < -0.3 is 19.7 Å². The maximum Gasteiger partial charge on any atom is 0.407 e. The third kappa shape index (κ3) is 6.87. The SMILES string of the molecule is O=C(O)N1CCC(n2c(=O)[nH]c3ccccc32)CC1CCN(Cc1ccccc1)Cc1ccccc1OCc1ccccc1. The van der Waals surface area contributed by atoms with E-state index in [4.69, 9.17) is 4.74 Å². The Morgan fingerprint density at radius 1 is 0.864 bits per heavy atom. The van der Waals surface area contributed by atoms with E-state index >= 15 is 0 Å². The number of ether oxygens (including phenoxy) is 1. The lowest BCUT2D eigenvalue weighted by Gasteiger charge is -2.39. The number of hydrogen-bond donors (Lipinski definition) is 2. The Hall–Kier alpha value is -4.82. The van der Waals surface area contributed by atoms with Crippen LogP contribution in [0, 0.1) is 0 Å². The number of H-pyrrole nitrogens is 1. The molecule has 1 amide bonds. The van der Waals surface area contributed by atoms with Crippen molar-refractivity contribution in [3.8, 4) is 5.75 Å². The second kappa shape index (κ2) is 13.7. The number of imidazole rings is 1. The Kier molecular flexibility index (Phi) is 9.08. The molecule has 0 saturated carbocycles. The molecule has 2 unspecified atom stereocenters. The minimum atomic E-state index is -0.908. The fourth-order valence-corrected chi connectivity index (χ4v) is 6.37. The molecule has 1 aliphatic heterocycles. The fourth-order valence-electron chi connectivity index (χ4n) is 6.37. The summed E-state index contributed by atoms with van der Waals surface area (Å²) < 4.78 is 8.09. The molecular formula is C36H38N4O4. The number of rotatable bonds is 11. The maximum absolute atomic E-state index is 13.0. The fraction of sp³-hybridized carbons (Fsp3) is 0.278. The summed E-state index contributed by atoms with van der Waals surface area (Å²) in [7, 11) is 0. The Balaban J connectivity index is 1.21. The molecule has 8 heteroatoms. The largest absolute Gasteiger partial charge is 0.489 e. The quantitative estimate of drug-likeness (QED) is 0.179. The van der Waals surface area contributed by atoms with Crippen LogP contribution in [0.5, 0.6) is 5.75 Å². The molecule has 0 bridgehead atoms. The number of aromatic nitrogens is 2. The van der Waals surface area contributed by atoms with E-state index in [-0.39, 0.29) is 17.8 Å². The highest BCUT2D eigenvalue weighted by atomic mass is 16.5. The number of benzene rings is 4. The summed E-state index contributed by atoms with van der Waals surface area (Å²) in [5, 5.41) is 10.1. The number of piperidine rings is 1. The number of nitrogens with zero attached hydrogens (tertiary/aromatic N) is 3. The van der Waals surface area contributed by atoms with E-state index in [2.05, 4.69) is 40.2 Å². The molecular weight excluding hydrogens is 552 g/mol. The number of nitrogens with one attached hydrogen (secondary N) is 1. The molecule has 4 aromatic carbocycles. The Morgan fingerprint density at radius 3 is 2.32 bits per heavy atom. The highest BCUT2D eigenvalue weighted by molar-refractivity contribution is 5.75. The van der Waals surface area contributed by atoms with Gasteiger partial charge in [0, 0.05) is 43.8 Å². The zero-order valence-electron chi connectivity index (χ0n) is 24.7. The average molecular weight is 591 g/mol. The topological polar surface area (TPSA) is 90.8 Å². The van der Waals surface area contributed by atoms with Crippen LogP contribution < -0.4 is 10.4 Å². The van der Waals surface area contributed by atoms with Crippen molar-refractivity contribution in [2.24, 2.45) is 0 Å². The number of fused-ring (bicyclic) bond motifs is 1. The van der Waals surface area contributed by atoms with Crippen LogP contribution in [-0.2, 0) is 19.7 Å². The molecule has 6 rings (SSSR count). The van der Waals surface area contributed by atoms with E-state index in [0.717, 1.165) is 34.5 Å². The van der Waals surface area contributed by atoms with Gasteiger partial charge in [-0.3, -0.25) is 9.47 Å². The van der Waals surface area contributed by atoms with Gasteiger partial charge in [0.15, 0.2) is 0 Å². The lowest BCUT2D eigenvalue weighted by Crippen LogP contribution is -2.48. The predicted octanol–water partition coefficient (Wildman–Crippen LogP) is 6.68. The summed E-state index contributed by atoms with van der Waals surface area (Å²) in [6.07, 6.45) is 0.933. The number of amides is 1. The minimum Gasteiger partial charge on any atom is -0.489 e. The number of aromatic amines is 1. The van der Waals surface area contributed by atoms with Gasteiger partial charge in [-0.05, 0) is 48.6 Å². The molecule has 1 aliphatic rings. The number of hydrogen-bond acceptors (Lipinski definition) is 4. The molecule has 8 nitrogen and oxygen atoms in total. The summed E-state index contributed by atoms with van der Waals surface area (Å²) in [6, 6.07) is 36.0. The molecule has 1 aromatic heterocycles. The van der Waals surface area contributed by atoms with E-state index in [1.165, 1.54) is 5.56 Å². The van der Waals surface area contributed by atoms with Crippen molar-refractivity contribution in [2.75, 3.05) is 13.1 Å². The first kappa shape index (κ1) is 29.3. The van der Waals surface area contributed by atoms with Gasteiger partial charge >= 0.3 is 11.8 Å². The Bertz CT molecular complexity index is 1730. The monoisotopic (exact) mass is 590 g/mol. The molecule has 0 aliphatic carbocycles. The van der Waals surface area contributed by atoms with Crippen molar-refractivity contribution in [3.05, 3.63) is 136 Å². The molecule has 226 valence electrons. The second-order valence-electron chi connectivity index (χ2n) is 11.5. The summed E-state index contributed by atoms with van der Waals surface area (Å²) in [5.41, 5.74) is 4.91. The van der Waals surface area contributed by atoms with Crippen LogP contribution in [0.4, 0.5) is 4.79 Å². The van der Waals surface area contributed by atoms with E-state index in [0.29, 0.717) is 45.5 Å². The van der Waals surface area contributed by atoms with Gasteiger partial charge in [-0.2, -0.15) is 0 Å². The van der Waals surface area contributed by atoms with Crippen molar-refractivity contribution in [3.63, 3.8) is 0 Å². The molecule has 1 saturated heterocycles. The van der Waals surface area contributed by atoms with Crippen LogP contribution in [0.15, 0.2) is 114 Å². The summed E-state index contributed by atoms with van der Waals surface area (Å²) in [6.45, 7) is 2.95. The number of carboxylic acid groups (broad SMARTS) is 1. The first-order chi connectivity index (χ1) is 21.5. The van der Waals surface area contributed by atoms with Gasteiger partial charge in [-0.1, -0.05) is 91.0 Å². The Morgan fingerprint density at radius 2 is 1.55 bits per heavy atom. The lowest BCUT2D eigenvalue weighted by molar-refractivity contribution is 0.0811. The number of likely N-dealkylation sites (tertiary alicyclic amines) is 1. The summed E-state index contributed by atoms with van der Waals surface area (Å²) in [5.74, 6) is 0.845. The molecule has 44 heavy (non-hydrogen) atoms. The highest BCUT2D eigenvalue weighted by Gasteiger charge is 2.33. The van der Waals surface area contributed by atoms with Crippen LogP contribution in [0.1, 0.15) is 42.0 Å². The second-order valence-corrected chi connectivity index (χ2v) is 11.5. The summed E-state index contributed by atoms with van der Waals surface area (Å²) >= 11 is 0. The van der Waals surface area contributed by atoms with Gasteiger partial charge in [0.05, 0.1) is 11.0 Å². The first-order valence-corrected chi connectivity index (χ1v) is 15.2. The van der Waals surface area contributed by atoms with Crippen LogP contribution in [0.25, 0.3) is 11.0 Å². The molecule has 1 fully saturated rings. The third-order valence-electron chi connectivity index (χ3n) is 8.55. The van der Waals surface area contributed by atoms with Crippen LogP contribution in [-0.4, -0.2) is 49.7 Å². The van der Waals surface area contributed by atoms with Gasteiger partial charge in [0.25, 0.3) is 0 Å². The maximum atomic E-state index is 13.0. The number of para-hydroxylation sites is 3. The standard InChI is InChI=1S/C36H38N4O4/c41-35-37-32-16-8-9-17-33(32)40(35)31-20-22-39(36(42)43)30(23-31)19-21-38(24-27-11-3-1-4-12-27)25-29-15-7-10-18-34(29)44-26-28-13-5-2-6-14-28/h1-18,30-31H,19-26H2,(H,37,41)(H,42,43).